The molecule has 4 rings (SSSR count). The van der Waals surface area contributed by atoms with Crippen molar-refractivity contribution in [1.82, 2.24) is 19.3 Å². The van der Waals surface area contributed by atoms with Gasteiger partial charge in [0.1, 0.15) is 11.3 Å². The fourth-order valence-electron chi connectivity index (χ4n) is 3.41. The Morgan fingerprint density at radius 2 is 1.79 bits per heavy atom. The van der Waals surface area contributed by atoms with Crippen molar-refractivity contribution in [3.05, 3.63) is 89.4 Å². The molecule has 0 aliphatic heterocycles. The first kappa shape index (κ1) is 19.3. The van der Waals surface area contributed by atoms with E-state index >= 15 is 0 Å². The normalized spacial score (nSPS) is 11.8. The molecular formula is C22H22N4O2S. The van der Waals surface area contributed by atoms with Gasteiger partial charge in [0.25, 0.3) is 0 Å². The van der Waals surface area contributed by atoms with Crippen molar-refractivity contribution in [3.63, 3.8) is 0 Å². The average Bonchev–Trinajstić information content (AvgIpc) is 3.05. The third-order valence-corrected chi connectivity index (χ3v) is 6.37. The topological polar surface area (TPSA) is 76.9 Å². The Morgan fingerprint density at radius 1 is 1.00 bits per heavy atom. The van der Waals surface area contributed by atoms with Gasteiger partial charge in [-0.15, -0.1) is 0 Å². The van der Waals surface area contributed by atoms with Crippen LogP contribution in [0.3, 0.4) is 0 Å². The van der Waals surface area contributed by atoms with Crippen molar-refractivity contribution >= 4 is 21.2 Å². The number of aromatic nitrogens is 3. The molecule has 1 N–H and O–H groups in total. The number of fused-ring (bicyclic) bond motifs is 1. The van der Waals surface area contributed by atoms with Crippen molar-refractivity contribution < 1.29 is 8.42 Å². The Kier molecular flexibility index (Phi) is 5.17. The molecule has 2 heterocycles. The van der Waals surface area contributed by atoms with Gasteiger partial charge in [-0.05, 0) is 43.2 Å². The maximum absolute atomic E-state index is 12.9. The Morgan fingerprint density at radius 3 is 2.55 bits per heavy atom. The Hall–Kier alpha value is -3.03. The van der Waals surface area contributed by atoms with Gasteiger partial charge in [-0.2, -0.15) is 0 Å². The summed E-state index contributed by atoms with van der Waals surface area (Å²) in [5, 5.41) is 0. The molecule has 2 aromatic heterocycles. The number of aryl methyl sites for hydroxylation is 2. The van der Waals surface area contributed by atoms with Gasteiger partial charge < -0.3 is 4.57 Å². The van der Waals surface area contributed by atoms with Crippen LogP contribution in [0.1, 0.15) is 22.5 Å². The van der Waals surface area contributed by atoms with Crippen molar-refractivity contribution in [2.24, 2.45) is 0 Å². The number of nitrogens with one attached hydrogen (secondary N) is 1. The second-order valence-electron chi connectivity index (χ2n) is 7.04. The van der Waals surface area contributed by atoms with Gasteiger partial charge in [0.05, 0.1) is 18.0 Å². The Balaban J connectivity index is 1.66. The van der Waals surface area contributed by atoms with E-state index in [0.29, 0.717) is 12.4 Å². The highest BCUT2D eigenvalue weighted by atomic mass is 32.2. The van der Waals surface area contributed by atoms with Crippen LogP contribution in [-0.4, -0.2) is 23.0 Å². The molecule has 0 radical (unpaired) electrons. The molecule has 7 heteroatoms. The smallest absolute Gasteiger partial charge is 0.241 e. The third-order valence-electron chi connectivity index (χ3n) is 4.81. The lowest BCUT2D eigenvalue weighted by Gasteiger charge is -2.12. The van der Waals surface area contributed by atoms with E-state index in [9.17, 15) is 8.42 Å². The zero-order chi connectivity index (χ0) is 20.4. The molecule has 0 amide bonds. The minimum atomic E-state index is -3.66. The van der Waals surface area contributed by atoms with Crippen molar-refractivity contribution in [1.29, 1.82) is 0 Å². The molecule has 0 aliphatic carbocycles. The average molecular weight is 407 g/mol. The van der Waals surface area contributed by atoms with E-state index in [1.54, 1.807) is 25.3 Å². The van der Waals surface area contributed by atoms with Crippen LogP contribution in [0.25, 0.3) is 11.2 Å². The summed E-state index contributed by atoms with van der Waals surface area (Å²) >= 11 is 0. The van der Waals surface area contributed by atoms with Gasteiger partial charge in [-0.3, -0.25) is 0 Å². The summed E-state index contributed by atoms with van der Waals surface area (Å²) in [6.07, 6.45) is 1.72. The molecule has 29 heavy (non-hydrogen) atoms. The summed E-state index contributed by atoms with van der Waals surface area (Å²) in [4.78, 5) is 9.35. The number of sulfonamides is 1. The van der Waals surface area contributed by atoms with E-state index in [1.807, 2.05) is 60.0 Å². The molecule has 0 unspecified atom stereocenters. The van der Waals surface area contributed by atoms with Crippen LogP contribution in [0.4, 0.5) is 0 Å². The Bertz CT molecular complexity index is 1260. The summed E-state index contributed by atoms with van der Waals surface area (Å²) in [7, 11) is -3.66. The van der Waals surface area contributed by atoms with Crippen molar-refractivity contribution in [3.8, 4) is 0 Å². The van der Waals surface area contributed by atoms with E-state index in [-0.39, 0.29) is 11.4 Å². The van der Waals surface area contributed by atoms with Gasteiger partial charge in [0.15, 0.2) is 5.65 Å². The molecule has 0 aliphatic rings. The second kappa shape index (κ2) is 7.77. The van der Waals surface area contributed by atoms with Gasteiger partial charge in [0.2, 0.25) is 10.0 Å². The molecule has 6 nitrogen and oxygen atoms in total. The lowest BCUT2D eigenvalue weighted by atomic mass is 10.2. The molecule has 0 saturated heterocycles. The molecule has 0 atom stereocenters. The van der Waals surface area contributed by atoms with E-state index in [1.165, 1.54) is 0 Å². The monoisotopic (exact) mass is 406 g/mol. The van der Waals surface area contributed by atoms with Gasteiger partial charge in [-0.25, -0.2) is 23.1 Å². The van der Waals surface area contributed by atoms with E-state index < -0.39 is 10.0 Å². The lowest BCUT2D eigenvalue weighted by molar-refractivity contribution is 0.576. The minimum absolute atomic E-state index is 0.0822. The maximum atomic E-state index is 12.9. The van der Waals surface area contributed by atoms with Crippen LogP contribution in [0.15, 0.2) is 71.8 Å². The van der Waals surface area contributed by atoms with Gasteiger partial charge in [-0.1, -0.05) is 48.0 Å². The number of nitrogens with zero attached hydrogens (tertiary/aromatic N) is 3. The maximum Gasteiger partial charge on any atom is 0.241 e. The molecular weight excluding hydrogens is 384 g/mol. The molecule has 0 fully saturated rings. The predicted molar refractivity (Wildman–Crippen MR) is 113 cm³/mol. The molecule has 2 aromatic carbocycles. The van der Waals surface area contributed by atoms with Gasteiger partial charge in [0, 0.05) is 6.20 Å². The summed E-state index contributed by atoms with van der Waals surface area (Å²) in [6.45, 7) is 4.39. The first-order chi connectivity index (χ1) is 13.9. The summed E-state index contributed by atoms with van der Waals surface area (Å²) in [5.41, 5.74) is 4.31. The second-order valence-corrected chi connectivity index (χ2v) is 8.77. The number of rotatable bonds is 6. The first-order valence-corrected chi connectivity index (χ1v) is 10.8. The zero-order valence-corrected chi connectivity index (χ0v) is 17.1. The van der Waals surface area contributed by atoms with Gasteiger partial charge >= 0.3 is 0 Å². The van der Waals surface area contributed by atoms with Crippen LogP contribution in [0.5, 0.6) is 0 Å². The molecule has 0 spiro atoms. The summed E-state index contributed by atoms with van der Waals surface area (Å²) in [6, 6.07) is 19.0. The Labute approximate surface area is 170 Å². The fourth-order valence-corrected chi connectivity index (χ4v) is 4.62. The van der Waals surface area contributed by atoms with Crippen molar-refractivity contribution in [2.45, 2.75) is 31.8 Å². The fraction of sp³-hybridized carbons (Fsp3) is 0.182. The highest BCUT2D eigenvalue weighted by Gasteiger charge is 2.19. The zero-order valence-electron chi connectivity index (χ0n) is 16.3. The number of hydrogen-bond donors (Lipinski definition) is 1. The van der Waals surface area contributed by atoms with Crippen molar-refractivity contribution in [2.75, 3.05) is 0 Å². The quantitative estimate of drug-likeness (QED) is 0.531. The van der Waals surface area contributed by atoms with Crippen LogP contribution in [0, 0.1) is 13.8 Å². The number of hydrogen-bond acceptors (Lipinski definition) is 4. The molecule has 0 bridgehead atoms. The van der Waals surface area contributed by atoms with E-state index in [2.05, 4.69) is 14.7 Å². The minimum Gasteiger partial charge on any atom is -0.307 e. The predicted octanol–water partition coefficient (Wildman–Crippen LogP) is 3.57. The van der Waals surface area contributed by atoms with Crippen LogP contribution in [-0.2, 0) is 23.1 Å². The van der Waals surface area contributed by atoms with E-state index in [0.717, 1.165) is 27.9 Å². The highest BCUT2D eigenvalue weighted by molar-refractivity contribution is 7.89. The van der Waals surface area contributed by atoms with Crippen LogP contribution >= 0.6 is 0 Å². The molecule has 4 aromatic rings. The SMILES string of the molecule is Cc1ccc(S(=O)(=O)NCc2nc3cccnc3n2Cc2ccccc2)c(C)c1. The number of pyridine rings is 1. The van der Waals surface area contributed by atoms with Crippen LogP contribution in [0.2, 0.25) is 0 Å². The first-order valence-electron chi connectivity index (χ1n) is 9.35. The molecule has 148 valence electrons. The lowest BCUT2D eigenvalue weighted by Crippen LogP contribution is -2.26. The number of benzene rings is 2. The van der Waals surface area contributed by atoms with Crippen LogP contribution < -0.4 is 4.72 Å². The summed E-state index contributed by atoms with van der Waals surface area (Å²) in [5.74, 6) is 0.621. The largest absolute Gasteiger partial charge is 0.307 e. The van der Waals surface area contributed by atoms with E-state index in [4.69, 9.17) is 0 Å². The number of imidazole rings is 1. The summed E-state index contributed by atoms with van der Waals surface area (Å²) < 4.78 is 30.4. The molecule has 0 saturated carbocycles. The third kappa shape index (κ3) is 4.06. The standard InChI is InChI=1S/C22H22N4O2S/c1-16-10-11-20(17(2)13-16)29(27,28)24-14-21-25-19-9-6-12-23-22(19)26(21)15-18-7-4-3-5-8-18/h3-13,24H,14-15H2,1-2H3. The highest BCUT2D eigenvalue weighted by Crippen LogP contribution is 2.19.